The van der Waals surface area contributed by atoms with Crippen molar-refractivity contribution < 1.29 is 18.3 Å². The molecule has 0 spiro atoms. The molecular formula is C10H15N3O4S2. The molecule has 9 heteroatoms. The Morgan fingerprint density at radius 2 is 2.42 bits per heavy atom. The summed E-state index contributed by atoms with van der Waals surface area (Å²) < 4.78 is 27.1. The average molecular weight is 305 g/mol. The third kappa shape index (κ3) is 3.10. The van der Waals surface area contributed by atoms with Crippen LogP contribution in [-0.4, -0.2) is 58.2 Å². The molecule has 7 nitrogen and oxygen atoms in total. The zero-order valence-corrected chi connectivity index (χ0v) is 12.0. The molecule has 106 valence electrons. The van der Waals surface area contributed by atoms with Gasteiger partial charge in [0.1, 0.15) is 11.4 Å². The molecule has 19 heavy (non-hydrogen) atoms. The molecule has 2 heterocycles. The Labute approximate surface area is 115 Å². The lowest BCUT2D eigenvalue weighted by Crippen LogP contribution is -2.36. The molecule has 0 bridgehead atoms. The van der Waals surface area contributed by atoms with Crippen LogP contribution in [-0.2, 0) is 21.4 Å². The van der Waals surface area contributed by atoms with Gasteiger partial charge in [0.15, 0.2) is 0 Å². The quantitative estimate of drug-likeness (QED) is 0.829. The van der Waals surface area contributed by atoms with Crippen molar-refractivity contribution in [2.24, 2.45) is 0 Å². The average Bonchev–Trinajstić information content (AvgIpc) is 2.96. The first kappa shape index (κ1) is 14.4. The molecule has 0 aliphatic carbocycles. The predicted octanol–water partition coefficient (Wildman–Crippen LogP) is 0.0937. The van der Waals surface area contributed by atoms with Gasteiger partial charge in [0.05, 0.1) is 6.20 Å². The normalized spacial score (nSPS) is 20.0. The van der Waals surface area contributed by atoms with E-state index in [0.717, 1.165) is 22.6 Å². The van der Waals surface area contributed by atoms with Gasteiger partial charge in [0.2, 0.25) is 10.0 Å². The number of aliphatic carboxylic acids is 1. The van der Waals surface area contributed by atoms with Crippen LogP contribution >= 0.6 is 11.8 Å². The van der Waals surface area contributed by atoms with Crippen molar-refractivity contribution >= 4 is 27.8 Å². The predicted molar refractivity (Wildman–Crippen MR) is 70.5 cm³/mol. The third-order valence-corrected chi connectivity index (χ3v) is 6.01. The molecule has 1 fully saturated rings. The zero-order valence-electron chi connectivity index (χ0n) is 10.4. The van der Waals surface area contributed by atoms with Crippen molar-refractivity contribution in [1.29, 1.82) is 0 Å². The Bertz CT molecular complexity index is 563. The Morgan fingerprint density at radius 3 is 3.00 bits per heavy atom. The summed E-state index contributed by atoms with van der Waals surface area (Å²) in [7, 11) is -2.04. The number of carboxylic acids is 1. The fourth-order valence-corrected chi connectivity index (χ4v) is 4.58. The number of carbonyl (C=O) groups is 1. The summed E-state index contributed by atoms with van der Waals surface area (Å²) in [5.41, 5.74) is 0. The highest BCUT2D eigenvalue weighted by Crippen LogP contribution is 2.25. The second-order valence-electron chi connectivity index (χ2n) is 4.31. The maximum absolute atomic E-state index is 12.3. The smallest absolute Gasteiger partial charge is 0.325 e. The first-order valence-electron chi connectivity index (χ1n) is 5.71. The zero-order chi connectivity index (χ0) is 14.0. The second kappa shape index (κ2) is 5.51. The van der Waals surface area contributed by atoms with Crippen LogP contribution in [0.1, 0.15) is 6.42 Å². The third-order valence-electron chi connectivity index (χ3n) is 3.00. The minimum Gasteiger partial charge on any atom is -0.480 e. The van der Waals surface area contributed by atoms with Gasteiger partial charge in [0.25, 0.3) is 0 Å². The minimum atomic E-state index is -3.59. The molecule has 1 aromatic heterocycles. The van der Waals surface area contributed by atoms with E-state index in [1.807, 2.05) is 0 Å². The van der Waals surface area contributed by atoms with Crippen LogP contribution in [0.15, 0.2) is 17.3 Å². The molecule has 1 aliphatic heterocycles. The van der Waals surface area contributed by atoms with E-state index in [9.17, 15) is 13.2 Å². The molecular weight excluding hydrogens is 290 g/mol. The van der Waals surface area contributed by atoms with Crippen LogP contribution in [0, 0.1) is 0 Å². The number of sulfonamides is 1. The highest BCUT2D eigenvalue weighted by Gasteiger charge is 2.31. The summed E-state index contributed by atoms with van der Waals surface area (Å²) in [6, 6.07) is -0.00202. The molecule has 1 aromatic rings. The molecule has 1 N–H and O–H groups in total. The number of nitrogens with zero attached hydrogens (tertiary/aromatic N) is 3. The molecule has 0 amide bonds. The summed E-state index contributed by atoms with van der Waals surface area (Å²) in [4.78, 5) is 10.6. The number of aromatic nitrogens is 2. The minimum absolute atomic E-state index is 0.00202. The molecule has 1 unspecified atom stereocenters. The highest BCUT2D eigenvalue weighted by molar-refractivity contribution is 7.99. The number of thioether (sulfide) groups is 1. The fourth-order valence-electron chi connectivity index (χ4n) is 1.87. The number of hydrogen-bond acceptors (Lipinski definition) is 5. The van der Waals surface area contributed by atoms with Gasteiger partial charge in [0, 0.05) is 25.0 Å². The van der Waals surface area contributed by atoms with Gasteiger partial charge in [-0.15, -0.1) is 0 Å². The van der Waals surface area contributed by atoms with Crippen molar-refractivity contribution in [2.75, 3.05) is 18.6 Å². The first-order chi connectivity index (χ1) is 8.91. The van der Waals surface area contributed by atoms with Crippen LogP contribution in [0.25, 0.3) is 0 Å². The van der Waals surface area contributed by atoms with Gasteiger partial charge < -0.3 is 5.11 Å². The van der Waals surface area contributed by atoms with Crippen molar-refractivity contribution in [3.05, 3.63) is 12.4 Å². The van der Waals surface area contributed by atoms with Gasteiger partial charge in [-0.25, -0.2) is 8.42 Å². The van der Waals surface area contributed by atoms with Gasteiger partial charge in [-0.3, -0.25) is 9.48 Å². The maximum Gasteiger partial charge on any atom is 0.325 e. The largest absolute Gasteiger partial charge is 0.480 e. The number of rotatable bonds is 5. The van der Waals surface area contributed by atoms with E-state index in [1.165, 1.54) is 16.7 Å². The summed E-state index contributed by atoms with van der Waals surface area (Å²) in [5, 5.41) is 12.4. The van der Waals surface area contributed by atoms with Crippen molar-refractivity contribution in [2.45, 2.75) is 23.9 Å². The summed E-state index contributed by atoms with van der Waals surface area (Å²) in [6.45, 7) is -0.349. The van der Waals surface area contributed by atoms with Crippen LogP contribution in [0.4, 0.5) is 0 Å². The van der Waals surface area contributed by atoms with E-state index in [4.69, 9.17) is 5.11 Å². The molecule has 0 aromatic carbocycles. The van der Waals surface area contributed by atoms with Crippen molar-refractivity contribution in [3.8, 4) is 0 Å². The lowest BCUT2D eigenvalue weighted by Gasteiger charge is -2.22. The monoisotopic (exact) mass is 305 g/mol. The molecule has 0 saturated carbocycles. The fraction of sp³-hybridized carbons (Fsp3) is 0.600. The van der Waals surface area contributed by atoms with Crippen molar-refractivity contribution in [1.82, 2.24) is 14.1 Å². The van der Waals surface area contributed by atoms with Gasteiger partial charge in [-0.1, -0.05) is 0 Å². The molecule has 1 atom stereocenters. The summed E-state index contributed by atoms with van der Waals surface area (Å²) in [6.07, 6.45) is 3.28. The number of hydrogen-bond donors (Lipinski definition) is 1. The van der Waals surface area contributed by atoms with Crippen LogP contribution in [0.5, 0.6) is 0 Å². The Hall–Kier alpha value is -1.06. The Kier molecular flexibility index (Phi) is 4.16. The van der Waals surface area contributed by atoms with E-state index in [1.54, 1.807) is 18.8 Å². The van der Waals surface area contributed by atoms with Gasteiger partial charge >= 0.3 is 5.97 Å². The van der Waals surface area contributed by atoms with E-state index in [-0.39, 0.29) is 17.5 Å². The van der Waals surface area contributed by atoms with Crippen LogP contribution in [0.3, 0.4) is 0 Å². The molecule has 2 rings (SSSR count). The SMILES string of the molecule is CN(C1CCSC1)S(=O)(=O)c1cnn(CC(=O)O)c1. The Morgan fingerprint density at radius 1 is 1.68 bits per heavy atom. The highest BCUT2D eigenvalue weighted by atomic mass is 32.2. The Balaban J connectivity index is 2.18. The standard InChI is InChI=1S/C10H15N3O4S2/c1-12(8-2-3-18-7-8)19(16,17)9-4-11-13(5-9)6-10(14)15/h4-5,8H,2-3,6-7H2,1H3,(H,14,15). The topological polar surface area (TPSA) is 92.5 Å². The summed E-state index contributed by atoms with van der Waals surface area (Å²) in [5.74, 6) is 0.689. The summed E-state index contributed by atoms with van der Waals surface area (Å²) >= 11 is 1.73. The van der Waals surface area contributed by atoms with E-state index in [2.05, 4.69) is 5.10 Å². The lowest BCUT2D eigenvalue weighted by molar-refractivity contribution is -0.137. The van der Waals surface area contributed by atoms with Crippen LogP contribution < -0.4 is 0 Å². The number of carboxylic acid groups (broad SMARTS) is 1. The maximum atomic E-state index is 12.3. The van der Waals surface area contributed by atoms with E-state index in [0.29, 0.717) is 0 Å². The van der Waals surface area contributed by atoms with E-state index < -0.39 is 16.0 Å². The molecule has 1 aliphatic rings. The van der Waals surface area contributed by atoms with E-state index >= 15 is 0 Å². The van der Waals surface area contributed by atoms with Gasteiger partial charge in [-0.05, 0) is 12.2 Å². The molecule has 0 radical (unpaired) electrons. The molecule has 1 saturated heterocycles. The first-order valence-corrected chi connectivity index (χ1v) is 8.31. The lowest BCUT2D eigenvalue weighted by atomic mass is 10.3. The van der Waals surface area contributed by atoms with Crippen molar-refractivity contribution in [3.63, 3.8) is 0 Å². The van der Waals surface area contributed by atoms with Crippen LogP contribution in [0.2, 0.25) is 0 Å². The van der Waals surface area contributed by atoms with Gasteiger partial charge in [-0.2, -0.15) is 21.2 Å². The second-order valence-corrected chi connectivity index (χ2v) is 7.45.